The molecule has 214 valence electrons. The fourth-order valence-electron chi connectivity index (χ4n) is 5.05. The number of hydrogen-bond donors (Lipinski definition) is 2. The predicted molar refractivity (Wildman–Crippen MR) is 149 cm³/mol. The summed E-state index contributed by atoms with van der Waals surface area (Å²) in [5.41, 5.74) is -1.36. The molecule has 0 amide bonds. The molecular weight excluding hydrogens is 553 g/mol. The Balaban J connectivity index is 1.57. The number of nitrogens with one attached hydrogen (secondary N) is 2. The van der Waals surface area contributed by atoms with Gasteiger partial charge in [0.25, 0.3) is 5.56 Å². The van der Waals surface area contributed by atoms with Crippen LogP contribution < -0.4 is 21.5 Å². The summed E-state index contributed by atoms with van der Waals surface area (Å²) in [6.07, 6.45) is -0.401. The highest BCUT2D eigenvalue weighted by Gasteiger charge is 2.36. The number of hydrogen-bond acceptors (Lipinski definition) is 9. The number of anilines is 1. The predicted octanol–water partition coefficient (Wildman–Crippen LogP) is 2.64. The molecule has 1 saturated heterocycles. The minimum atomic E-state index is -4.71. The van der Waals surface area contributed by atoms with Crippen LogP contribution in [0.4, 0.5) is 18.9 Å². The Labute approximate surface area is 235 Å². The number of ketones is 1. The summed E-state index contributed by atoms with van der Waals surface area (Å²) in [6.45, 7) is 3.30. The third kappa shape index (κ3) is 5.00. The molecule has 0 bridgehead atoms. The smallest absolute Gasteiger partial charge is 0.368 e. The second kappa shape index (κ2) is 10.4. The van der Waals surface area contributed by atoms with Gasteiger partial charge in [-0.25, -0.2) is 19.7 Å². The largest absolute Gasteiger partial charge is 0.418 e. The molecule has 1 fully saturated rings. The molecule has 0 unspecified atom stereocenters. The van der Waals surface area contributed by atoms with Crippen molar-refractivity contribution in [1.29, 1.82) is 0 Å². The lowest BCUT2D eigenvalue weighted by atomic mass is 10.1. The number of carbonyl (C=O) groups excluding carboxylic acids is 1. The molecule has 0 radical (unpaired) electrons. The number of alkyl halides is 3. The third-order valence-electron chi connectivity index (χ3n) is 6.99. The monoisotopic (exact) mass is 576 g/mol. The number of H-pyrrole nitrogens is 1. The first-order valence-corrected chi connectivity index (χ1v) is 13.0. The van der Waals surface area contributed by atoms with Crippen molar-refractivity contribution in [3.63, 3.8) is 0 Å². The maximum Gasteiger partial charge on any atom is 0.418 e. The number of Topliss-reactive ketones (excluding diaryl/α,β-unsaturated/α-hetero) is 1. The van der Waals surface area contributed by atoms with Crippen LogP contribution in [-0.4, -0.2) is 61.4 Å². The van der Waals surface area contributed by atoms with Gasteiger partial charge in [0.05, 0.1) is 39.8 Å². The van der Waals surface area contributed by atoms with Gasteiger partial charge in [0.15, 0.2) is 0 Å². The van der Waals surface area contributed by atoms with E-state index in [9.17, 15) is 27.6 Å². The molecule has 1 aliphatic rings. The number of nitrogens with zero attached hydrogens (tertiary/aromatic N) is 6. The van der Waals surface area contributed by atoms with Gasteiger partial charge in [-0.1, -0.05) is 0 Å². The first kappa shape index (κ1) is 27.2. The van der Waals surface area contributed by atoms with Crippen LogP contribution in [0.25, 0.3) is 38.9 Å². The lowest BCUT2D eigenvalue weighted by Crippen LogP contribution is -2.44. The zero-order valence-corrected chi connectivity index (χ0v) is 22.2. The van der Waals surface area contributed by atoms with Crippen molar-refractivity contribution in [3.8, 4) is 16.9 Å². The van der Waals surface area contributed by atoms with Crippen LogP contribution in [0.2, 0.25) is 0 Å². The Bertz CT molecular complexity index is 1960. The van der Waals surface area contributed by atoms with Gasteiger partial charge in [0, 0.05) is 56.0 Å². The highest BCUT2D eigenvalue weighted by Crippen LogP contribution is 2.38. The number of aromatic nitrogens is 6. The zero-order valence-electron chi connectivity index (χ0n) is 22.2. The van der Waals surface area contributed by atoms with Gasteiger partial charge in [-0.2, -0.15) is 13.2 Å². The third-order valence-corrected chi connectivity index (χ3v) is 6.99. The number of carbonyl (C=O) groups is 1. The molecule has 14 heteroatoms. The second-order valence-corrected chi connectivity index (χ2v) is 9.88. The van der Waals surface area contributed by atoms with Crippen molar-refractivity contribution in [1.82, 2.24) is 34.8 Å². The van der Waals surface area contributed by atoms with E-state index >= 15 is 0 Å². The quantitative estimate of drug-likeness (QED) is 0.302. The van der Waals surface area contributed by atoms with Crippen LogP contribution in [0.3, 0.4) is 0 Å². The molecule has 0 aliphatic carbocycles. The van der Waals surface area contributed by atoms with Gasteiger partial charge in [0.2, 0.25) is 0 Å². The van der Waals surface area contributed by atoms with Gasteiger partial charge in [0.1, 0.15) is 17.1 Å². The highest BCUT2D eigenvalue weighted by atomic mass is 19.4. The number of fused-ring (bicyclic) bond motifs is 3. The standard InChI is InChI=1S/C28H23F3N8O3/c1-15(40)10-23-34-12-16(13-35-23)20-3-4-21-24(36-20)25-18(14-33-21)26(41)37-27(42)39(25)17-2-5-22(19(11-17)28(29,30)31)38-8-6-32-7-9-38/h2-5,11-14,32H,6-10H2,1H3,(H,37,41,42). The van der Waals surface area contributed by atoms with Crippen LogP contribution in [0.1, 0.15) is 18.3 Å². The van der Waals surface area contributed by atoms with E-state index < -0.39 is 23.0 Å². The lowest BCUT2D eigenvalue weighted by molar-refractivity contribution is -0.137. The Morgan fingerprint density at radius 3 is 2.43 bits per heavy atom. The van der Waals surface area contributed by atoms with E-state index in [4.69, 9.17) is 0 Å². The molecule has 0 spiro atoms. The normalized spacial score (nSPS) is 14.0. The molecule has 6 rings (SSSR count). The number of piperazine rings is 1. The molecule has 0 saturated carbocycles. The maximum atomic E-state index is 14.3. The minimum Gasteiger partial charge on any atom is -0.368 e. The topological polar surface area (TPSA) is 139 Å². The number of rotatable bonds is 5. The molecule has 1 aliphatic heterocycles. The molecule has 2 N–H and O–H groups in total. The molecule has 0 atom stereocenters. The Hall–Kier alpha value is -4.98. The van der Waals surface area contributed by atoms with Crippen molar-refractivity contribution in [2.24, 2.45) is 0 Å². The van der Waals surface area contributed by atoms with E-state index in [0.29, 0.717) is 48.8 Å². The molecule has 5 heterocycles. The van der Waals surface area contributed by atoms with Crippen molar-refractivity contribution in [2.45, 2.75) is 19.5 Å². The molecule has 11 nitrogen and oxygen atoms in total. The van der Waals surface area contributed by atoms with Crippen molar-refractivity contribution < 1.29 is 18.0 Å². The Morgan fingerprint density at radius 2 is 1.74 bits per heavy atom. The number of pyridine rings is 2. The summed E-state index contributed by atoms with van der Waals surface area (Å²) in [4.78, 5) is 58.6. The van der Waals surface area contributed by atoms with E-state index in [2.05, 4.69) is 30.2 Å². The van der Waals surface area contributed by atoms with Crippen molar-refractivity contribution in [3.05, 3.63) is 81.1 Å². The lowest BCUT2D eigenvalue weighted by Gasteiger charge is -2.31. The summed E-state index contributed by atoms with van der Waals surface area (Å²) in [6, 6.07) is 6.93. The fraction of sp³-hybridized carbons (Fsp3) is 0.250. The number of aromatic amines is 1. The van der Waals surface area contributed by atoms with Gasteiger partial charge in [-0.05, 0) is 37.3 Å². The summed E-state index contributed by atoms with van der Waals surface area (Å²) in [7, 11) is 0. The van der Waals surface area contributed by atoms with E-state index in [1.807, 2.05) is 0 Å². The average molecular weight is 577 g/mol. The van der Waals surface area contributed by atoms with Crippen LogP contribution in [-0.2, 0) is 17.4 Å². The molecule has 42 heavy (non-hydrogen) atoms. The summed E-state index contributed by atoms with van der Waals surface area (Å²) < 4.78 is 44.0. The molecule has 5 aromatic rings. The summed E-state index contributed by atoms with van der Waals surface area (Å²) in [5, 5.41) is 3.09. The molecular formula is C28H23F3N8O3. The minimum absolute atomic E-state index is 0.00719. The first-order chi connectivity index (χ1) is 20.1. The van der Waals surface area contributed by atoms with Crippen LogP contribution in [0.5, 0.6) is 0 Å². The highest BCUT2D eigenvalue weighted by molar-refractivity contribution is 6.01. The summed E-state index contributed by atoms with van der Waals surface area (Å²) >= 11 is 0. The molecule has 4 aromatic heterocycles. The van der Waals surface area contributed by atoms with Crippen molar-refractivity contribution in [2.75, 3.05) is 31.1 Å². The first-order valence-electron chi connectivity index (χ1n) is 13.0. The SMILES string of the molecule is CC(=O)Cc1ncc(-c2ccc3ncc4c(=O)[nH]c(=O)n(-c5ccc(N6CCNCC6)c(C(F)(F)F)c5)c4c3n2)cn1. The van der Waals surface area contributed by atoms with Crippen molar-refractivity contribution >= 4 is 33.4 Å². The van der Waals surface area contributed by atoms with Gasteiger partial charge in [-0.15, -0.1) is 0 Å². The van der Waals surface area contributed by atoms with E-state index in [-0.39, 0.29) is 40.0 Å². The van der Waals surface area contributed by atoms with E-state index in [0.717, 1.165) is 10.6 Å². The van der Waals surface area contributed by atoms with Gasteiger partial charge < -0.3 is 10.2 Å². The molecule has 1 aromatic carbocycles. The average Bonchev–Trinajstić information content (AvgIpc) is 2.97. The van der Waals surface area contributed by atoms with Crippen LogP contribution in [0, 0.1) is 0 Å². The summed E-state index contributed by atoms with van der Waals surface area (Å²) in [5.74, 6) is 0.242. The van der Waals surface area contributed by atoms with Gasteiger partial charge in [-0.3, -0.25) is 24.1 Å². The zero-order chi connectivity index (χ0) is 29.6. The van der Waals surface area contributed by atoms with Crippen LogP contribution >= 0.6 is 0 Å². The second-order valence-electron chi connectivity index (χ2n) is 9.88. The fourth-order valence-corrected chi connectivity index (χ4v) is 5.05. The maximum absolute atomic E-state index is 14.3. The number of benzene rings is 1. The van der Waals surface area contributed by atoms with Gasteiger partial charge >= 0.3 is 11.9 Å². The Morgan fingerprint density at radius 1 is 1.00 bits per heavy atom. The Kier molecular flexibility index (Phi) is 6.77. The number of halogens is 3. The van der Waals surface area contributed by atoms with E-state index in [1.54, 1.807) is 17.0 Å². The van der Waals surface area contributed by atoms with E-state index in [1.165, 1.54) is 37.6 Å². The van der Waals surface area contributed by atoms with Crippen LogP contribution in [0.15, 0.2) is 58.5 Å².